The molecule has 0 amide bonds. The summed E-state index contributed by atoms with van der Waals surface area (Å²) in [6, 6.07) is 4.78. The highest BCUT2D eigenvalue weighted by Gasteiger charge is 2.19. The Balaban J connectivity index is 2.90. The second kappa shape index (κ2) is 6.56. The van der Waals surface area contributed by atoms with Gasteiger partial charge in [-0.15, -0.1) is 0 Å². The number of nitrogens with two attached hydrogens (primary N) is 1. The standard InChI is InChI=1S/C12H14ClNO3S/c1-2-3-10(12(15)16)17-9-5-4-7(11(14)18)6-8(9)13/h4-6,10H,2-3H2,1H3,(H2,14,18)(H,15,16). The number of hydrogen-bond donors (Lipinski definition) is 2. The molecule has 18 heavy (non-hydrogen) atoms. The number of carbonyl (C=O) groups is 1. The highest BCUT2D eigenvalue weighted by molar-refractivity contribution is 7.80. The average Bonchev–Trinajstić information content (AvgIpc) is 2.30. The Morgan fingerprint density at radius 2 is 2.28 bits per heavy atom. The molecule has 3 N–H and O–H groups in total. The van der Waals surface area contributed by atoms with Gasteiger partial charge in [0.05, 0.1) is 5.02 Å². The number of thiocarbonyl (C=S) groups is 1. The molecule has 0 fully saturated rings. The van der Waals surface area contributed by atoms with Gasteiger partial charge in [-0.3, -0.25) is 0 Å². The maximum Gasteiger partial charge on any atom is 0.344 e. The molecule has 1 atom stereocenters. The first-order valence-corrected chi connectivity index (χ1v) is 6.23. The van der Waals surface area contributed by atoms with E-state index in [4.69, 9.17) is 39.4 Å². The Morgan fingerprint density at radius 1 is 1.61 bits per heavy atom. The fourth-order valence-corrected chi connectivity index (χ4v) is 1.75. The van der Waals surface area contributed by atoms with Crippen LogP contribution in [0, 0.1) is 0 Å². The quantitative estimate of drug-likeness (QED) is 0.787. The smallest absolute Gasteiger partial charge is 0.344 e. The lowest BCUT2D eigenvalue weighted by Gasteiger charge is -2.15. The molecule has 1 unspecified atom stereocenters. The first-order valence-electron chi connectivity index (χ1n) is 5.44. The van der Waals surface area contributed by atoms with E-state index in [1.54, 1.807) is 18.2 Å². The topological polar surface area (TPSA) is 72.5 Å². The summed E-state index contributed by atoms with van der Waals surface area (Å²) in [7, 11) is 0. The Labute approximate surface area is 116 Å². The van der Waals surface area contributed by atoms with Crippen LogP contribution in [-0.2, 0) is 4.79 Å². The second-order valence-electron chi connectivity index (χ2n) is 3.74. The van der Waals surface area contributed by atoms with Gasteiger partial charge in [-0.1, -0.05) is 37.2 Å². The van der Waals surface area contributed by atoms with Gasteiger partial charge in [-0.05, 0) is 24.6 Å². The van der Waals surface area contributed by atoms with Crippen molar-refractivity contribution in [1.29, 1.82) is 0 Å². The number of halogens is 1. The first-order chi connectivity index (χ1) is 8.45. The van der Waals surface area contributed by atoms with Crippen molar-refractivity contribution < 1.29 is 14.6 Å². The van der Waals surface area contributed by atoms with Crippen molar-refractivity contribution in [2.75, 3.05) is 0 Å². The van der Waals surface area contributed by atoms with E-state index in [2.05, 4.69) is 0 Å². The zero-order chi connectivity index (χ0) is 13.7. The van der Waals surface area contributed by atoms with Crippen molar-refractivity contribution in [2.45, 2.75) is 25.9 Å². The van der Waals surface area contributed by atoms with Gasteiger partial charge < -0.3 is 15.6 Å². The molecule has 0 aliphatic heterocycles. The largest absolute Gasteiger partial charge is 0.479 e. The molecule has 98 valence electrons. The highest BCUT2D eigenvalue weighted by Crippen LogP contribution is 2.27. The van der Waals surface area contributed by atoms with Crippen molar-refractivity contribution in [3.8, 4) is 5.75 Å². The monoisotopic (exact) mass is 287 g/mol. The maximum atomic E-state index is 11.0. The van der Waals surface area contributed by atoms with E-state index in [1.165, 1.54) is 0 Å². The molecule has 1 rings (SSSR count). The number of carboxylic acid groups (broad SMARTS) is 1. The second-order valence-corrected chi connectivity index (χ2v) is 4.59. The molecule has 1 aromatic rings. The van der Waals surface area contributed by atoms with E-state index in [-0.39, 0.29) is 4.99 Å². The summed E-state index contributed by atoms with van der Waals surface area (Å²) in [5.41, 5.74) is 6.08. The van der Waals surface area contributed by atoms with Gasteiger partial charge in [0.25, 0.3) is 0 Å². The number of rotatable bonds is 6. The summed E-state index contributed by atoms with van der Waals surface area (Å²) in [6.45, 7) is 1.89. The summed E-state index contributed by atoms with van der Waals surface area (Å²) in [5.74, 6) is -0.691. The molecule has 4 nitrogen and oxygen atoms in total. The Bertz CT molecular complexity index is 465. The number of hydrogen-bond acceptors (Lipinski definition) is 3. The molecule has 6 heteroatoms. The van der Waals surface area contributed by atoms with Crippen LogP contribution in [-0.4, -0.2) is 22.2 Å². The van der Waals surface area contributed by atoms with Crippen LogP contribution in [0.15, 0.2) is 18.2 Å². The number of aliphatic carboxylic acids is 1. The minimum atomic E-state index is -1.01. The SMILES string of the molecule is CCCC(Oc1ccc(C(N)=S)cc1Cl)C(=O)O. The van der Waals surface area contributed by atoms with Gasteiger partial charge in [0.15, 0.2) is 6.10 Å². The fourth-order valence-electron chi connectivity index (χ4n) is 1.40. The van der Waals surface area contributed by atoms with Crippen LogP contribution in [0.25, 0.3) is 0 Å². The van der Waals surface area contributed by atoms with E-state index in [1.807, 2.05) is 6.92 Å². The molecule has 0 aliphatic rings. The fraction of sp³-hybridized carbons (Fsp3) is 0.333. The van der Waals surface area contributed by atoms with Crippen LogP contribution in [0.5, 0.6) is 5.75 Å². The zero-order valence-electron chi connectivity index (χ0n) is 9.85. The Morgan fingerprint density at radius 3 is 2.72 bits per heavy atom. The van der Waals surface area contributed by atoms with Crippen molar-refractivity contribution in [3.63, 3.8) is 0 Å². The third-order valence-corrected chi connectivity index (χ3v) is 2.84. The van der Waals surface area contributed by atoms with Gasteiger partial charge in [0, 0.05) is 5.56 Å². The predicted molar refractivity (Wildman–Crippen MR) is 74.3 cm³/mol. The van der Waals surface area contributed by atoms with Crippen LogP contribution < -0.4 is 10.5 Å². The molecule has 0 bridgehead atoms. The van der Waals surface area contributed by atoms with E-state index in [0.717, 1.165) is 0 Å². The van der Waals surface area contributed by atoms with Crippen LogP contribution in [0.1, 0.15) is 25.3 Å². The highest BCUT2D eigenvalue weighted by atomic mass is 35.5. The van der Waals surface area contributed by atoms with Gasteiger partial charge in [0.1, 0.15) is 10.7 Å². The lowest BCUT2D eigenvalue weighted by atomic mass is 10.2. The van der Waals surface area contributed by atoms with Crippen LogP contribution >= 0.6 is 23.8 Å². The maximum absolute atomic E-state index is 11.0. The number of benzene rings is 1. The molecule has 0 radical (unpaired) electrons. The molecule has 0 heterocycles. The normalized spacial score (nSPS) is 11.9. The van der Waals surface area contributed by atoms with Gasteiger partial charge in [0.2, 0.25) is 0 Å². The molecule has 0 aromatic heterocycles. The summed E-state index contributed by atoms with van der Waals surface area (Å²) in [6.07, 6.45) is 0.227. The first kappa shape index (κ1) is 14.7. The van der Waals surface area contributed by atoms with Gasteiger partial charge >= 0.3 is 5.97 Å². The van der Waals surface area contributed by atoms with E-state index >= 15 is 0 Å². The van der Waals surface area contributed by atoms with Crippen LogP contribution in [0.4, 0.5) is 0 Å². The van der Waals surface area contributed by atoms with Crippen molar-refractivity contribution in [1.82, 2.24) is 0 Å². The van der Waals surface area contributed by atoms with Gasteiger partial charge in [-0.2, -0.15) is 0 Å². The minimum Gasteiger partial charge on any atom is -0.479 e. The average molecular weight is 288 g/mol. The summed E-state index contributed by atoms with van der Waals surface area (Å²) in [4.78, 5) is 11.2. The Hall–Kier alpha value is -1.33. The van der Waals surface area contributed by atoms with Crippen molar-refractivity contribution in [2.24, 2.45) is 5.73 Å². The molecule has 0 aliphatic carbocycles. The third kappa shape index (κ3) is 3.85. The lowest BCUT2D eigenvalue weighted by molar-refractivity contribution is -0.145. The molecular weight excluding hydrogens is 274 g/mol. The molecular formula is C12H14ClNO3S. The minimum absolute atomic E-state index is 0.229. The summed E-state index contributed by atoms with van der Waals surface area (Å²) >= 11 is 10.8. The number of ether oxygens (including phenoxy) is 1. The molecule has 0 saturated carbocycles. The van der Waals surface area contributed by atoms with Crippen LogP contribution in [0.3, 0.4) is 0 Å². The van der Waals surface area contributed by atoms with E-state index in [0.29, 0.717) is 29.2 Å². The van der Waals surface area contributed by atoms with Crippen molar-refractivity contribution in [3.05, 3.63) is 28.8 Å². The van der Waals surface area contributed by atoms with E-state index in [9.17, 15) is 4.79 Å². The van der Waals surface area contributed by atoms with Crippen LogP contribution in [0.2, 0.25) is 5.02 Å². The molecule has 0 saturated heterocycles. The third-order valence-electron chi connectivity index (χ3n) is 2.31. The zero-order valence-corrected chi connectivity index (χ0v) is 11.4. The van der Waals surface area contributed by atoms with Gasteiger partial charge in [-0.25, -0.2) is 4.79 Å². The van der Waals surface area contributed by atoms with Crippen molar-refractivity contribution >= 4 is 34.8 Å². The Kier molecular flexibility index (Phi) is 5.37. The summed E-state index contributed by atoms with van der Waals surface area (Å²) in [5, 5.41) is 9.28. The number of carboxylic acids is 1. The predicted octanol–water partition coefficient (Wildman–Crippen LogP) is 2.61. The summed E-state index contributed by atoms with van der Waals surface area (Å²) < 4.78 is 5.37. The molecule has 1 aromatic carbocycles. The lowest BCUT2D eigenvalue weighted by Crippen LogP contribution is -2.26. The van der Waals surface area contributed by atoms with E-state index < -0.39 is 12.1 Å². The molecule has 0 spiro atoms.